The molecule has 3 rings (SSSR count). The van der Waals surface area contributed by atoms with E-state index in [2.05, 4.69) is 0 Å². The topological polar surface area (TPSA) is 56.5 Å². The second kappa shape index (κ2) is 7.45. The average molecular weight is 332 g/mol. The van der Waals surface area contributed by atoms with Crippen molar-refractivity contribution in [2.45, 2.75) is 6.92 Å². The normalized spacial score (nSPS) is 10.8. The molecule has 4 heteroatoms. The maximum absolute atomic E-state index is 12.1. The Bertz CT molecular complexity index is 886. The van der Waals surface area contributed by atoms with Crippen molar-refractivity contribution in [2.75, 3.05) is 0 Å². The van der Waals surface area contributed by atoms with Crippen molar-refractivity contribution in [1.29, 1.82) is 0 Å². The lowest BCUT2D eigenvalue weighted by Gasteiger charge is -2.02. The number of ether oxygens (including phenoxy) is 1. The van der Waals surface area contributed by atoms with E-state index >= 15 is 0 Å². The molecule has 0 saturated heterocycles. The second-order valence-electron chi connectivity index (χ2n) is 5.50. The second-order valence-corrected chi connectivity index (χ2v) is 5.50. The molecule has 0 aliphatic rings. The van der Waals surface area contributed by atoms with Gasteiger partial charge in [-0.2, -0.15) is 0 Å². The molecule has 0 atom stereocenters. The first kappa shape index (κ1) is 16.5. The Morgan fingerprint density at radius 1 is 0.960 bits per heavy atom. The summed E-state index contributed by atoms with van der Waals surface area (Å²) in [6.07, 6.45) is 4.66. The molecule has 0 bridgehead atoms. The zero-order valence-electron chi connectivity index (χ0n) is 13.6. The van der Waals surface area contributed by atoms with Gasteiger partial charge in [0.1, 0.15) is 5.75 Å². The Balaban J connectivity index is 1.63. The van der Waals surface area contributed by atoms with Gasteiger partial charge < -0.3 is 9.15 Å². The molecule has 1 aromatic heterocycles. The standard InChI is InChI=1S/C21H16O4/c1-15-4-9-17(10-5-15)19(22)13-8-16-6-11-18(12-7-16)25-21(23)20-3-2-14-24-20/h2-14H,1H3/b13-8+. The van der Waals surface area contributed by atoms with Crippen LogP contribution in [-0.4, -0.2) is 11.8 Å². The summed E-state index contributed by atoms with van der Waals surface area (Å²) < 4.78 is 10.2. The molecular formula is C21H16O4. The van der Waals surface area contributed by atoms with Crippen molar-refractivity contribution in [2.24, 2.45) is 0 Å². The fourth-order valence-electron chi connectivity index (χ4n) is 2.18. The molecule has 2 aromatic carbocycles. The molecule has 1 heterocycles. The summed E-state index contributed by atoms with van der Waals surface area (Å²) in [5, 5.41) is 0. The largest absolute Gasteiger partial charge is 0.457 e. The minimum atomic E-state index is -0.553. The lowest BCUT2D eigenvalue weighted by atomic mass is 10.1. The summed E-state index contributed by atoms with van der Waals surface area (Å²) in [7, 11) is 0. The Labute approximate surface area is 145 Å². The quantitative estimate of drug-likeness (QED) is 0.294. The summed E-state index contributed by atoms with van der Waals surface area (Å²) in [4.78, 5) is 23.9. The van der Waals surface area contributed by atoms with Crippen LogP contribution < -0.4 is 4.74 Å². The fourth-order valence-corrected chi connectivity index (χ4v) is 2.18. The number of allylic oxidation sites excluding steroid dienone is 1. The molecule has 0 unspecified atom stereocenters. The van der Waals surface area contributed by atoms with Gasteiger partial charge in [0, 0.05) is 5.56 Å². The first-order valence-corrected chi connectivity index (χ1v) is 7.77. The van der Waals surface area contributed by atoms with Gasteiger partial charge in [0.2, 0.25) is 5.76 Å². The highest BCUT2D eigenvalue weighted by molar-refractivity contribution is 6.06. The van der Waals surface area contributed by atoms with Gasteiger partial charge in [-0.15, -0.1) is 0 Å². The van der Waals surface area contributed by atoms with E-state index in [1.165, 1.54) is 18.4 Å². The van der Waals surface area contributed by atoms with E-state index in [-0.39, 0.29) is 11.5 Å². The summed E-state index contributed by atoms with van der Waals surface area (Å²) in [5.74, 6) is -0.0627. The minimum Gasteiger partial charge on any atom is -0.457 e. The van der Waals surface area contributed by atoms with Crippen LogP contribution in [0.15, 0.2) is 77.4 Å². The lowest BCUT2D eigenvalue weighted by molar-refractivity contribution is 0.0701. The highest BCUT2D eigenvalue weighted by Crippen LogP contribution is 2.16. The van der Waals surface area contributed by atoms with Crippen LogP contribution in [0.1, 0.15) is 32.0 Å². The van der Waals surface area contributed by atoms with Crippen LogP contribution in [0, 0.1) is 6.92 Å². The van der Waals surface area contributed by atoms with E-state index in [1.807, 2.05) is 19.1 Å². The van der Waals surface area contributed by atoms with Crippen LogP contribution >= 0.6 is 0 Å². The van der Waals surface area contributed by atoms with Gasteiger partial charge in [0.25, 0.3) is 0 Å². The number of carbonyl (C=O) groups is 2. The zero-order chi connectivity index (χ0) is 17.6. The van der Waals surface area contributed by atoms with E-state index in [4.69, 9.17) is 9.15 Å². The summed E-state index contributed by atoms with van der Waals surface area (Å²) in [6.45, 7) is 1.98. The number of aryl methyl sites for hydroxylation is 1. The molecule has 3 aromatic rings. The van der Waals surface area contributed by atoms with Crippen molar-refractivity contribution >= 4 is 17.8 Å². The van der Waals surface area contributed by atoms with Gasteiger partial charge in [-0.3, -0.25) is 4.79 Å². The highest BCUT2D eigenvalue weighted by Gasteiger charge is 2.10. The number of benzene rings is 2. The van der Waals surface area contributed by atoms with Crippen LogP contribution in [-0.2, 0) is 0 Å². The highest BCUT2D eigenvalue weighted by atomic mass is 16.5. The Kier molecular flexibility index (Phi) is 4.90. The number of ketones is 1. The lowest BCUT2D eigenvalue weighted by Crippen LogP contribution is -2.06. The summed E-state index contributed by atoms with van der Waals surface area (Å²) in [6, 6.07) is 17.4. The molecule has 0 fully saturated rings. The number of hydrogen-bond donors (Lipinski definition) is 0. The Morgan fingerprint density at radius 2 is 1.68 bits per heavy atom. The third-order valence-electron chi connectivity index (χ3n) is 3.58. The fraction of sp³-hybridized carbons (Fsp3) is 0.0476. The third kappa shape index (κ3) is 4.32. The van der Waals surface area contributed by atoms with Gasteiger partial charge in [-0.25, -0.2) is 4.79 Å². The predicted molar refractivity (Wildman–Crippen MR) is 94.7 cm³/mol. The SMILES string of the molecule is Cc1ccc(C(=O)/C=C/c2ccc(OC(=O)c3ccco3)cc2)cc1. The maximum Gasteiger partial charge on any atom is 0.379 e. The smallest absolute Gasteiger partial charge is 0.379 e. The molecule has 25 heavy (non-hydrogen) atoms. The van der Waals surface area contributed by atoms with Gasteiger partial charge in [0.15, 0.2) is 5.78 Å². The molecular weight excluding hydrogens is 316 g/mol. The Hall–Kier alpha value is -3.40. The maximum atomic E-state index is 12.1. The van der Waals surface area contributed by atoms with Crippen LogP contribution in [0.4, 0.5) is 0 Å². The van der Waals surface area contributed by atoms with Crippen molar-refractivity contribution in [3.63, 3.8) is 0 Å². The minimum absolute atomic E-state index is 0.0617. The number of esters is 1. The molecule has 0 radical (unpaired) electrons. The third-order valence-corrected chi connectivity index (χ3v) is 3.58. The molecule has 0 aliphatic heterocycles. The number of hydrogen-bond acceptors (Lipinski definition) is 4. The van der Waals surface area contributed by atoms with Crippen molar-refractivity contribution in [3.8, 4) is 5.75 Å². The van der Waals surface area contributed by atoms with Gasteiger partial charge >= 0.3 is 5.97 Å². The zero-order valence-corrected chi connectivity index (χ0v) is 13.6. The van der Waals surface area contributed by atoms with Crippen LogP contribution in [0.2, 0.25) is 0 Å². The van der Waals surface area contributed by atoms with E-state index in [9.17, 15) is 9.59 Å². The molecule has 0 aliphatic carbocycles. The Morgan fingerprint density at radius 3 is 2.32 bits per heavy atom. The van der Waals surface area contributed by atoms with Crippen LogP contribution in [0.3, 0.4) is 0 Å². The first-order valence-electron chi connectivity index (χ1n) is 7.77. The average Bonchev–Trinajstić information content (AvgIpc) is 3.16. The predicted octanol–water partition coefficient (Wildman–Crippen LogP) is 4.70. The molecule has 0 N–H and O–H groups in total. The first-order chi connectivity index (χ1) is 12.1. The van der Waals surface area contributed by atoms with E-state index in [0.29, 0.717) is 11.3 Å². The van der Waals surface area contributed by atoms with E-state index in [1.54, 1.807) is 48.5 Å². The molecule has 0 amide bonds. The van der Waals surface area contributed by atoms with Crippen molar-refractivity contribution in [3.05, 3.63) is 95.5 Å². The van der Waals surface area contributed by atoms with Crippen molar-refractivity contribution in [1.82, 2.24) is 0 Å². The number of furan rings is 1. The number of rotatable bonds is 5. The molecule has 0 saturated carbocycles. The monoisotopic (exact) mass is 332 g/mol. The van der Waals surface area contributed by atoms with Crippen LogP contribution in [0.5, 0.6) is 5.75 Å². The van der Waals surface area contributed by atoms with E-state index in [0.717, 1.165) is 11.1 Å². The number of carbonyl (C=O) groups excluding carboxylic acids is 2. The summed E-state index contributed by atoms with van der Waals surface area (Å²) >= 11 is 0. The molecule has 124 valence electrons. The van der Waals surface area contributed by atoms with Crippen molar-refractivity contribution < 1.29 is 18.7 Å². The van der Waals surface area contributed by atoms with E-state index < -0.39 is 5.97 Å². The summed E-state index contributed by atoms with van der Waals surface area (Å²) in [5.41, 5.74) is 2.59. The van der Waals surface area contributed by atoms with Gasteiger partial charge in [0.05, 0.1) is 6.26 Å². The van der Waals surface area contributed by atoms with Gasteiger partial charge in [-0.1, -0.05) is 48.0 Å². The molecule has 4 nitrogen and oxygen atoms in total. The van der Waals surface area contributed by atoms with Gasteiger partial charge in [-0.05, 0) is 42.8 Å². The van der Waals surface area contributed by atoms with Crippen LogP contribution in [0.25, 0.3) is 6.08 Å². The molecule has 0 spiro atoms.